The van der Waals surface area contributed by atoms with E-state index in [0.29, 0.717) is 17.5 Å². The van der Waals surface area contributed by atoms with Crippen LogP contribution in [0.15, 0.2) is 207 Å². The minimum Gasteiger partial charge on any atom is -0.457 e. The fraction of sp³-hybridized carbons (Fsp3) is 0. The maximum Gasteiger partial charge on any atom is 0.188 e. The molecule has 0 saturated heterocycles. The first kappa shape index (κ1) is 33.3. The third-order valence-corrected chi connectivity index (χ3v) is 15.4. The van der Waals surface area contributed by atoms with Crippen LogP contribution in [-0.2, 0) is 0 Å². The lowest BCUT2D eigenvalue weighted by molar-refractivity contribution is 0.489. The predicted molar refractivity (Wildman–Crippen MR) is 228 cm³/mol. The van der Waals surface area contributed by atoms with Crippen LogP contribution in [0.4, 0.5) is 0 Å². The highest BCUT2D eigenvalue weighted by Gasteiger charge is 2.48. The van der Waals surface area contributed by atoms with Crippen molar-refractivity contribution in [3.8, 4) is 67.9 Å². The number of ether oxygens (including phenoxy) is 1. The summed E-state index contributed by atoms with van der Waals surface area (Å²) in [5.74, 6) is 3.60. The highest BCUT2D eigenvalue weighted by atomic mass is 28.3. The number of nitrogens with zero attached hydrogens (tertiary/aromatic N) is 4. The Labute approximate surface area is 326 Å². The van der Waals surface area contributed by atoms with Crippen LogP contribution in [0, 0.1) is 0 Å². The maximum absolute atomic E-state index is 6.98. The zero-order chi connectivity index (χ0) is 37.3. The molecule has 0 amide bonds. The summed E-state index contributed by atoms with van der Waals surface area (Å²) in [4.78, 5) is 19.5. The average Bonchev–Trinajstić information content (AvgIpc) is 3.29. The maximum atomic E-state index is 6.98. The van der Waals surface area contributed by atoms with Crippen molar-refractivity contribution in [2.75, 3.05) is 0 Å². The van der Waals surface area contributed by atoms with Gasteiger partial charge < -0.3 is 4.74 Å². The van der Waals surface area contributed by atoms with E-state index in [1.54, 1.807) is 0 Å². The quantitative estimate of drug-likeness (QED) is 0.153. The Balaban J connectivity index is 1.10. The van der Waals surface area contributed by atoms with Crippen LogP contribution in [0.1, 0.15) is 0 Å². The standard InChI is InChI=1S/C50H34N4OSi/c1-5-17-35(18-6-1)48-52-49(36-19-7-2-8-20-36)54-50(53-48)40-32-39(33-51-34-40)37-21-15-22-38(31-37)43-27-16-30-46-47(43)55-44-28-13-14-29-45(44)56(46,41-23-9-3-10-24-41)42-25-11-4-12-26-42/h1-34H. The van der Waals surface area contributed by atoms with E-state index in [1.165, 1.54) is 20.7 Å². The Morgan fingerprint density at radius 1 is 0.357 bits per heavy atom. The number of hydrogen-bond donors (Lipinski definition) is 0. The van der Waals surface area contributed by atoms with E-state index in [0.717, 1.165) is 50.4 Å². The van der Waals surface area contributed by atoms with Gasteiger partial charge in [0.25, 0.3) is 0 Å². The van der Waals surface area contributed by atoms with E-state index in [-0.39, 0.29) is 0 Å². The summed E-state index contributed by atoms with van der Waals surface area (Å²) in [6.07, 6.45) is 3.72. The Hall–Kier alpha value is -7.28. The van der Waals surface area contributed by atoms with Crippen molar-refractivity contribution < 1.29 is 4.74 Å². The third kappa shape index (κ3) is 5.80. The van der Waals surface area contributed by atoms with E-state index in [4.69, 9.17) is 24.7 Å². The molecule has 56 heavy (non-hydrogen) atoms. The molecule has 1 aliphatic heterocycles. The number of benzene rings is 7. The molecule has 0 saturated carbocycles. The molecule has 0 N–H and O–H groups in total. The number of hydrogen-bond acceptors (Lipinski definition) is 5. The van der Waals surface area contributed by atoms with Crippen molar-refractivity contribution in [1.82, 2.24) is 19.9 Å². The van der Waals surface area contributed by atoms with Crippen molar-refractivity contribution in [2.24, 2.45) is 0 Å². The molecular formula is C50H34N4OSi. The lowest BCUT2D eigenvalue weighted by Crippen LogP contribution is -2.76. The molecule has 6 heteroatoms. The first-order valence-corrected chi connectivity index (χ1v) is 20.7. The molecular weight excluding hydrogens is 701 g/mol. The van der Waals surface area contributed by atoms with E-state index in [1.807, 2.05) is 73.1 Å². The molecule has 3 heterocycles. The van der Waals surface area contributed by atoms with Gasteiger partial charge in [-0.25, -0.2) is 15.0 Å². The number of rotatable bonds is 7. The zero-order valence-corrected chi connectivity index (χ0v) is 31.3. The van der Waals surface area contributed by atoms with E-state index >= 15 is 0 Å². The van der Waals surface area contributed by atoms with Gasteiger partial charge in [-0.05, 0) is 50.1 Å². The molecule has 0 unspecified atom stereocenters. The van der Waals surface area contributed by atoms with Gasteiger partial charge in [-0.1, -0.05) is 176 Å². The topological polar surface area (TPSA) is 60.8 Å². The predicted octanol–water partition coefficient (Wildman–Crippen LogP) is 9.08. The molecule has 264 valence electrons. The summed E-state index contributed by atoms with van der Waals surface area (Å²) in [7, 11) is -2.78. The molecule has 0 spiro atoms. The first-order valence-electron chi connectivity index (χ1n) is 18.7. The highest BCUT2D eigenvalue weighted by molar-refractivity contribution is 7.20. The third-order valence-electron chi connectivity index (χ3n) is 10.5. The summed E-state index contributed by atoms with van der Waals surface area (Å²) in [5.41, 5.74) is 6.75. The monoisotopic (exact) mass is 734 g/mol. The Morgan fingerprint density at radius 3 is 1.46 bits per heavy atom. The lowest BCUT2D eigenvalue weighted by atomic mass is 9.98. The molecule has 0 fully saturated rings. The highest BCUT2D eigenvalue weighted by Crippen LogP contribution is 2.38. The van der Waals surface area contributed by atoms with Crippen LogP contribution in [-0.4, -0.2) is 28.0 Å². The fourth-order valence-electron chi connectivity index (χ4n) is 7.98. The normalized spacial score (nSPS) is 12.6. The van der Waals surface area contributed by atoms with Crippen LogP contribution in [0.5, 0.6) is 11.5 Å². The van der Waals surface area contributed by atoms with Gasteiger partial charge in [0.15, 0.2) is 25.5 Å². The molecule has 0 aliphatic carbocycles. The minimum absolute atomic E-state index is 0.565. The summed E-state index contributed by atoms with van der Waals surface area (Å²) < 4.78 is 6.98. The summed E-state index contributed by atoms with van der Waals surface area (Å²) in [6.45, 7) is 0. The van der Waals surface area contributed by atoms with Crippen LogP contribution in [0.3, 0.4) is 0 Å². The van der Waals surface area contributed by atoms with Crippen LogP contribution in [0.2, 0.25) is 0 Å². The van der Waals surface area contributed by atoms with Gasteiger partial charge in [0.1, 0.15) is 11.5 Å². The van der Waals surface area contributed by atoms with Gasteiger partial charge in [-0.15, -0.1) is 0 Å². The van der Waals surface area contributed by atoms with Crippen molar-refractivity contribution in [3.05, 3.63) is 207 Å². The fourth-order valence-corrected chi connectivity index (χ4v) is 13.0. The second-order valence-corrected chi connectivity index (χ2v) is 17.6. The van der Waals surface area contributed by atoms with Crippen molar-refractivity contribution in [3.63, 3.8) is 0 Å². The number of fused-ring (bicyclic) bond motifs is 2. The lowest BCUT2D eigenvalue weighted by Gasteiger charge is -2.40. The largest absolute Gasteiger partial charge is 0.457 e. The summed E-state index contributed by atoms with van der Waals surface area (Å²) in [6, 6.07) is 68.0. The second-order valence-electron chi connectivity index (χ2n) is 13.8. The Morgan fingerprint density at radius 2 is 0.821 bits per heavy atom. The summed E-state index contributed by atoms with van der Waals surface area (Å²) in [5, 5.41) is 5.13. The first-order chi connectivity index (χ1) is 27.8. The smallest absolute Gasteiger partial charge is 0.188 e. The zero-order valence-electron chi connectivity index (χ0n) is 30.3. The molecule has 0 bridgehead atoms. The number of pyridine rings is 1. The van der Waals surface area contributed by atoms with Crippen LogP contribution < -0.4 is 25.5 Å². The number of aromatic nitrogens is 4. The molecule has 0 radical (unpaired) electrons. The van der Waals surface area contributed by atoms with Gasteiger partial charge in [-0.3, -0.25) is 4.98 Å². The average molecular weight is 735 g/mol. The van der Waals surface area contributed by atoms with Gasteiger partial charge in [-0.2, -0.15) is 0 Å². The van der Waals surface area contributed by atoms with Gasteiger partial charge in [0.2, 0.25) is 0 Å². The molecule has 7 aromatic carbocycles. The van der Waals surface area contributed by atoms with Crippen LogP contribution >= 0.6 is 0 Å². The van der Waals surface area contributed by atoms with Gasteiger partial charge in [0, 0.05) is 40.2 Å². The summed E-state index contributed by atoms with van der Waals surface area (Å²) >= 11 is 0. The van der Waals surface area contributed by atoms with Crippen molar-refractivity contribution in [2.45, 2.75) is 0 Å². The number of para-hydroxylation sites is 2. The van der Waals surface area contributed by atoms with Crippen molar-refractivity contribution >= 4 is 28.8 Å². The molecule has 0 atom stereocenters. The van der Waals surface area contributed by atoms with Gasteiger partial charge >= 0.3 is 0 Å². The second kappa shape index (κ2) is 14.2. The molecule has 1 aliphatic rings. The molecule has 5 nitrogen and oxygen atoms in total. The molecule has 9 aromatic rings. The molecule has 10 rings (SSSR count). The minimum atomic E-state index is -2.78. The van der Waals surface area contributed by atoms with Crippen LogP contribution in [0.25, 0.3) is 56.4 Å². The van der Waals surface area contributed by atoms with E-state index in [9.17, 15) is 0 Å². The van der Waals surface area contributed by atoms with E-state index < -0.39 is 8.07 Å². The van der Waals surface area contributed by atoms with Crippen molar-refractivity contribution in [1.29, 1.82) is 0 Å². The SMILES string of the molecule is c1ccc(-c2nc(-c3ccccc3)nc(-c3cncc(-c4cccc(-c5cccc6c5Oc5ccccc5[Si]6(c5ccccc5)c5ccccc5)c4)c3)n2)cc1. The van der Waals surface area contributed by atoms with E-state index in [2.05, 4.69) is 133 Å². The van der Waals surface area contributed by atoms with Gasteiger partial charge in [0.05, 0.1) is 0 Å². The molecule has 2 aromatic heterocycles. The Kier molecular flexibility index (Phi) is 8.43. The Bertz CT molecular complexity index is 2740.